The van der Waals surface area contributed by atoms with Crippen molar-refractivity contribution in [1.29, 1.82) is 0 Å². The summed E-state index contributed by atoms with van der Waals surface area (Å²) in [5, 5.41) is 9.23. The quantitative estimate of drug-likeness (QED) is 0.475. The van der Waals surface area contributed by atoms with E-state index in [-0.39, 0.29) is 12.5 Å². The SMILES string of the molecule is CCC(C)CCN1CCCCC1c1ccc(CC(=O)O)cc1-c1ccc(C(F)(F)F)cc1. The molecule has 32 heavy (non-hydrogen) atoms. The van der Waals surface area contributed by atoms with Gasteiger partial charge in [-0.05, 0) is 72.7 Å². The highest BCUT2D eigenvalue weighted by atomic mass is 19.4. The Labute approximate surface area is 188 Å². The standard InChI is InChI=1S/C26H32F3NO2/c1-3-18(2)13-15-30-14-5-4-6-24(30)22-12-7-19(17-25(31)32)16-23(22)20-8-10-21(11-9-20)26(27,28)29/h7-12,16,18,24H,3-6,13-15,17H2,1-2H3,(H,31,32). The van der Waals surface area contributed by atoms with Gasteiger partial charge in [0.15, 0.2) is 0 Å². The van der Waals surface area contributed by atoms with Gasteiger partial charge in [-0.1, -0.05) is 57.0 Å². The lowest BCUT2D eigenvalue weighted by Crippen LogP contribution is -2.35. The summed E-state index contributed by atoms with van der Waals surface area (Å²) in [5.74, 6) is -0.283. The second-order valence-corrected chi connectivity index (χ2v) is 8.92. The molecule has 1 heterocycles. The van der Waals surface area contributed by atoms with Crippen molar-refractivity contribution in [2.45, 2.75) is 64.6 Å². The lowest BCUT2D eigenvalue weighted by Gasteiger charge is -2.37. The maximum atomic E-state index is 13.1. The van der Waals surface area contributed by atoms with Crippen LogP contribution in [0.1, 0.15) is 68.7 Å². The highest BCUT2D eigenvalue weighted by Gasteiger charge is 2.31. The number of nitrogens with zero attached hydrogens (tertiary/aromatic N) is 1. The second kappa shape index (κ2) is 10.5. The zero-order chi connectivity index (χ0) is 23.3. The Morgan fingerprint density at radius 2 is 1.88 bits per heavy atom. The number of carboxylic acids is 1. The number of hydrogen-bond acceptors (Lipinski definition) is 2. The number of halogens is 3. The number of piperidine rings is 1. The molecule has 0 aromatic heterocycles. The van der Waals surface area contributed by atoms with Crippen LogP contribution in [0.5, 0.6) is 0 Å². The molecule has 174 valence electrons. The molecule has 1 aliphatic heterocycles. The van der Waals surface area contributed by atoms with Crippen molar-refractivity contribution in [3.8, 4) is 11.1 Å². The molecule has 0 spiro atoms. The zero-order valence-electron chi connectivity index (χ0n) is 18.8. The lowest BCUT2D eigenvalue weighted by atomic mass is 9.87. The van der Waals surface area contributed by atoms with Crippen molar-refractivity contribution in [1.82, 2.24) is 4.90 Å². The average molecular weight is 448 g/mol. The fourth-order valence-electron chi connectivity index (χ4n) is 4.47. The minimum Gasteiger partial charge on any atom is -0.481 e. The summed E-state index contributed by atoms with van der Waals surface area (Å²) < 4.78 is 39.2. The topological polar surface area (TPSA) is 40.5 Å². The van der Waals surface area contributed by atoms with Crippen molar-refractivity contribution in [3.63, 3.8) is 0 Å². The molecular formula is C26H32F3NO2. The normalized spacial score (nSPS) is 18.5. The Morgan fingerprint density at radius 3 is 2.50 bits per heavy atom. The molecular weight excluding hydrogens is 415 g/mol. The maximum absolute atomic E-state index is 13.1. The van der Waals surface area contributed by atoms with Gasteiger partial charge in [-0.3, -0.25) is 9.69 Å². The van der Waals surface area contributed by atoms with Gasteiger partial charge in [0.1, 0.15) is 0 Å². The fraction of sp³-hybridized carbons (Fsp3) is 0.500. The highest BCUT2D eigenvalue weighted by Crippen LogP contribution is 2.39. The first-order valence-corrected chi connectivity index (χ1v) is 11.4. The van der Waals surface area contributed by atoms with Gasteiger partial charge in [0, 0.05) is 6.04 Å². The first-order chi connectivity index (χ1) is 15.2. The predicted octanol–water partition coefficient (Wildman–Crippen LogP) is 6.96. The van der Waals surface area contributed by atoms with Crippen LogP contribution in [0, 0.1) is 5.92 Å². The number of rotatable bonds is 8. The largest absolute Gasteiger partial charge is 0.481 e. The van der Waals surface area contributed by atoms with Crippen molar-refractivity contribution < 1.29 is 23.1 Å². The molecule has 2 unspecified atom stereocenters. The molecule has 2 aromatic rings. The summed E-state index contributed by atoms with van der Waals surface area (Å²) >= 11 is 0. The molecule has 6 heteroatoms. The maximum Gasteiger partial charge on any atom is 0.416 e. The third-order valence-corrected chi connectivity index (χ3v) is 6.57. The molecule has 1 aliphatic rings. The molecule has 2 aromatic carbocycles. The fourth-order valence-corrected chi connectivity index (χ4v) is 4.47. The van der Waals surface area contributed by atoms with Crippen LogP contribution in [0.25, 0.3) is 11.1 Å². The molecule has 0 bridgehead atoms. The predicted molar refractivity (Wildman–Crippen MR) is 120 cm³/mol. The molecule has 3 nitrogen and oxygen atoms in total. The number of benzene rings is 2. The lowest BCUT2D eigenvalue weighted by molar-refractivity contribution is -0.138. The summed E-state index contributed by atoms with van der Waals surface area (Å²) in [5.41, 5.74) is 2.56. The van der Waals surface area contributed by atoms with Crippen LogP contribution in [-0.2, 0) is 17.4 Å². The molecule has 0 aliphatic carbocycles. The van der Waals surface area contributed by atoms with E-state index in [0.29, 0.717) is 17.0 Å². The monoisotopic (exact) mass is 447 g/mol. The number of hydrogen-bond donors (Lipinski definition) is 1. The van der Waals surface area contributed by atoms with E-state index < -0.39 is 17.7 Å². The van der Waals surface area contributed by atoms with Gasteiger partial charge in [-0.25, -0.2) is 0 Å². The van der Waals surface area contributed by atoms with Crippen LogP contribution >= 0.6 is 0 Å². The van der Waals surface area contributed by atoms with Gasteiger partial charge in [0.2, 0.25) is 0 Å². The van der Waals surface area contributed by atoms with Crippen LogP contribution < -0.4 is 0 Å². The van der Waals surface area contributed by atoms with Gasteiger partial charge in [-0.15, -0.1) is 0 Å². The molecule has 1 fully saturated rings. The van der Waals surface area contributed by atoms with Gasteiger partial charge in [-0.2, -0.15) is 13.2 Å². The van der Waals surface area contributed by atoms with E-state index in [4.69, 9.17) is 0 Å². The second-order valence-electron chi connectivity index (χ2n) is 8.92. The van der Waals surface area contributed by atoms with Gasteiger partial charge in [0.25, 0.3) is 0 Å². The number of aliphatic carboxylic acids is 1. The Hall–Kier alpha value is -2.34. The van der Waals surface area contributed by atoms with E-state index in [9.17, 15) is 23.1 Å². The molecule has 3 rings (SSSR count). The van der Waals surface area contributed by atoms with Gasteiger partial charge >= 0.3 is 12.1 Å². The summed E-state index contributed by atoms with van der Waals surface area (Å²) in [6, 6.07) is 11.1. The van der Waals surface area contributed by atoms with E-state index in [1.165, 1.54) is 12.1 Å². The van der Waals surface area contributed by atoms with E-state index in [1.807, 2.05) is 18.2 Å². The molecule has 1 N–H and O–H groups in total. The molecule has 0 radical (unpaired) electrons. The van der Waals surface area contributed by atoms with Crippen molar-refractivity contribution in [2.75, 3.05) is 13.1 Å². The van der Waals surface area contributed by atoms with Crippen molar-refractivity contribution >= 4 is 5.97 Å². The van der Waals surface area contributed by atoms with Gasteiger partial charge in [0.05, 0.1) is 12.0 Å². The minimum atomic E-state index is -4.39. The van der Waals surface area contributed by atoms with Crippen LogP contribution in [0.4, 0.5) is 13.2 Å². The molecule has 2 atom stereocenters. The van der Waals surface area contributed by atoms with Crippen LogP contribution in [0.2, 0.25) is 0 Å². The summed E-state index contributed by atoms with van der Waals surface area (Å²) in [6.45, 7) is 6.45. The van der Waals surface area contributed by atoms with E-state index in [0.717, 1.165) is 68.5 Å². The van der Waals surface area contributed by atoms with Crippen LogP contribution in [0.15, 0.2) is 42.5 Å². The Morgan fingerprint density at radius 1 is 1.16 bits per heavy atom. The van der Waals surface area contributed by atoms with Crippen LogP contribution in [0.3, 0.4) is 0 Å². The van der Waals surface area contributed by atoms with E-state index in [2.05, 4.69) is 18.7 Å². The zero-order valence-corrected chi connectivity index (χ0v) is 18.8. The van der Waals surface area contributed by atoms with Crippen molar-refractivity contribution in [2.24, 2.45) is 5.92 Å². The van der Waals surface area contributed by atoms with Crippen molar-refractivity contribution in [3.05, 3.63) is 59.2 Å². The van der Waals surface area contributed by atoms with Gasteiger partial charge < -0.3 is 5.11 Å². The highest BCUT2D eigenvalue weighted by molar-refractivity contribution is 5.74. The number of carboxylic acid groups (broad SMARTS) is 1. The average Bonchev–Trinajstić information content (AvgIpc) is 2.77. The third-order valence-electron chi connectivity index (χ3n) is 6.57. The molecule has 0 saturated carbocycles. The summed E-state index contributed by atoms with van der Waals surface area (Å²) in [6.07, 6.45) is 0.988. The minimum absolute atomic E-state index is 0.115. The van der Waals surface area contributed by atoms with E-state index in [1.54, 1.807) is 0 Å². The Balaban J connectivity index is 1.99. The number of carbonyl (C=O) groups is 1. The first-order valence-electron chi connectivity index (χ1n) is 11.4. The van der Waals surface area contributed by atoms with E-state index >= 15 is 0 Å². The summed E-state index contributed by atoms with van der Waals surface area (Å²) in [7, 11) is 0. The summed E-state index contributed by atoms with van der Waals surface area (Å²) in [4.78, 5) is 13.7. The smallest absolute Gasteiger partial charge is 0.416 e. The Kier molecular flexibility index (Phi) is 7.99. The number of likely N-dealkylation sites (tertiary alicyclic amines) is 1. The molecule has 0 amide bonds. The number of alkyl halides is 3. The Bertz CT molecular complexity index is 908. The first kappa shape index (κ1) is 24.3. The van der Waals surface area contributed by atoms with Crippen LogP contribution in [-0.4, -0.2) is 29.1 Å². The third kappa shape index (κ3) is 6.12. The molecule has 1 saturated heterocycles.